The third-order valence-electron chi connectivity index (χ3n) is 5.12. The Morgan fingerprint density at radius 3 is 2.36 bits per heavy atom. The lowest BCUT2D eigenvalue weighted by Gasteiger charge is -2.08. The van der Waals surface area contributed by atoms with Gasteiger partial charge in [0.1, 0.15) is 6.33 Å². The average molecular weight is 366 g/mol. The largest absolute Gasteiger partial charge is 0.312 e. The minimum atomic E-state index is 0.347. The van der Waals surface area contributed by atoms with Gasteiger partial charge in [0.15, 0.2) is 0 Å². The second-order valence-electron chi connectivity index (χ2n) is 6.90. The van der Waals surface area contributed by atoms with E-state index in [0.29, 0.717) is 5.62 Å². The molecule has 0 unspecified atom stereocenters. The van der Waals surface area contributed by atoms with E-state index in [1.807, 2.05) is 28.4 Å². The first kappa shape index (κ1) is 16.4. The van der Waals surface area contributed by atoms with Crippen LogP contribution in [0.5, 0.6) is 0 Å². The van der Waals surface area contributed by atoms with E-state index in [9.17, 15) is 0 Å². The van der Waals surface area contributed by atoms with Gasteiger partial charge < -0.3 is 4.57 Å². The molecule has 0 atom stereocenters. The molecular weight excluding hydrogens is 348 g/mol. The minimum Gasteiger partial charge on any atom is -0.312 e. The summed E-state index contributed by atoms with van der Waals surface area (Å²) in [6.07, 6.45) is 6.76. The highest BCUT2D eigenvalue weighted by Gasteiger charge is 2.15. The fraction of sp³-hybridized carbons (Fsp3) is 0.0909. The van der Waals surface area contributed by atoms with E-state index in [1.54, 1.807) is 12.4 Å². The van der Waals surface area contributed by atoms with Crippen LogP contribution in [0.2, 0.25) is 0 Å². The standard InChI is InChI=1S/C22H18N6/c1-14-3-5-15(6-4-14)16-7-8-19-18(9-16)21-20(12-26-19)27(2)22(23)28(21)17-10-24-13-25-11-17/h3-13,23H,1-2H3. The molecule has 0 aliphatic heterocycles. The van der Waals surface area contributed by atoms with E-state index in [0.717, 1.165) is 38.8 Å². The number of nitrogens with one attached hydrogen (secondary N) is 1. The van der Waals surface area contributed by atoms with Gasteiger partial charge in [0, 0.05) is 12.4 Å². The van der Waals surface area contributed by atoms with Gasteiger partial charge in [0.25, 0.3) is 0 Å². The smallest absolute Gasteiger partial charge is 0.207 e. The van der Waals surface area contributed by atoms with Crippen molar-refractivity contribution in [3.8, 4) is 16.8 Å². The SMILES string of the molecule is Cc1ccc(-c2ccc3ncc4c(c3c2)n(-c2cncnc2)c(=N)n4C)cc1. The summed E-state index contributed by atoms with van der Waals surface area (Å²) in [5.74, 6) is 0. The number of nitrogens with zero attached hydrogens (tertiary/aromatic N) is 5. The summed E-state index contributed by atoms with van der Waals surface area (Å²) in [6, 6.07) is 14.8. The molecule has 2 aromatic carbocycles. The summed E-state index contributed by atoms with van der Waals surface area (Å²) in [6.45, 7) is 2.09. The van der Waals surface area contributed by atoms with Crippen LogP contribution in [0, 0.1) is 12.3 Å². The monoisotopic (exact) mass is 366 g/mol. The van der Waals surface area contributed by atoms with E-state index in [2.05, 4.69) is 58.3 Å². The molecule has 136 valence electrons. The third-order valence-corrected chi connectivity index (χ3v) is 5.12. The maximum atomic E-state index is 8.62. The zero-order valence-corrected chi connectivity index (χ0v) is 15.6. The summed E-state index contributed by atoms with van der Waals surface area (Å²) in [7, 11) is 1.88. The number of aryl methyl sites for hydroxylation is 2. The van der Waals surface area contributed by atoms with E-state index in [1.165, 1.54) is 11.9 Å². The fourth-order valence-electron chi connectivity index (χ4n) is 3.60. The predicted molar refractivity (Wildman–Crippen MR) is 109 cm³/mol. The number of hydrogen-bond donors (Lipinski definition) is 1. The highest BCUT2D eigenvalue weighted by Crippen LogP contribution is 2.29. The maximum absolute atomic E-state index is 8.62. The van der Waals surface area contributed by atoms with Crippen LogP contribution in [-0.4, -0.2) is 24.1 Å². The van der Waals surface area contributed by atoms with Crippen LogP contribution >= 0.6 is 0 Å². The van der Waals surface area contributed by atoms with Crippen LogP contribution in [0.15, 0.2) is 67.4 Å². The molecule has 0 aliphatic carbocycles. The van der Waals surface area contributed by atoms with Gasteiger partial charge in [-0.1, -0.05) is 35.9 Å². The highest BCUT2D eigenvalue weighted by atomic mass is 15.2. The van der Waals surface area contributed by atoms with E-state index < -0.39 is 0 Å². The van der Waals surface area contributed by atoms with Crippen molar-refractivity contribution in [3.63, 3.8) is 0 Å². The Labute approximate surface area is 161 Å². The van der Waals surface area contributed by atoms with Gasteiger partial charge >= 0.3 is 0 Å². The Balaban J connectivity index is 1.88. The number of rotatable bonds is 2. The molecule has 3 aromatic heterocycles. The molecule has 0 aliphatic rings. The topological polar surface area (TPSA) is 72.4 Å². The Hall–Kier alpha value is -3.80. The fourth-order valence-corrected chi connectivity index (χ4v) is 3.60. The lowest BCUT2D eigenvalue weighted by Crippen LogP contribution is -2.21. The van der Waals surface area contributed by atoms with E-state index >= 15 is 0 Å². The number of pyridine rings is 1. The molecule has 0 radical (unpaired) electrons. The van der Waals surface area contributed by atoms with Crippen LogP contribution in [0.4, 0.5) is 0 Å². The van der Waals surface area contributed by atoms with Crippen LogP contribution in [0.3, 0.4) is 0 Å². The summed E-state index contributed by atoms with van der Waals surface area (Å²) < 4.78 is 3.70. The highest BCUT2D eigenvalue weighted by molar-refractivity contribution is 6.04. The molecular formula is C22H18N6. The first-order chi connectivity index (χ1) is 13.6. The molecule has 3 heterocycles. The third kappa shape index (κ3) is 2.42. The molecule has 28 heavy (non-hydrogen) atoms. The predicted octanol–water partition coefficient (Wildman–Crippen LogP) is 3.76. The number of imidazole rings is 1. The van der Waals surface area contributed by atoms with Gasteiger partial charge in [-0.15, -0.1) is 0 Å². The van der Waals surface area contributed by atoms with Gasteiger partial charge in [-0.05, 0) is 30.2 Å². The van der Waals surface area contributed by atoms with E-state index in [4.69, 9.17) is 5.41 Å². The Kier molecular flexibility index (Phi) is 3.58. The average Bonchev–Trinajstić information content (AvgIpc) is 3.00. The van der Waals surface area contributed by atoms with Gasteiger partial charge in [0.2, 0.25) is 5.62 Å². The molecule has 0 spiro atoms. The number of hydrogen-bond acceptors (Lipinski definition) is 4. The second-order valence-corrected chi connectivity index (χ2v) is 6.90. The first-order valence-electron chi connectivity index (χ1n) is 9.01. The second kappa shape index (κ2) is 6.13. The molecule has 5 aromatic rings. The summed E-state index contributed by atoms with van der Waals surface area (Å²) >= 11 is 0. The normalized spacial score (nSPS) is 11.4. The van der Waals surface area contributed by atoms with Crippen LogP contribution in [-0.2, 0) is 7.05 Å². The van der Waals surface area contributed by atoms with Gasteiger partial charge in [0.05, 0.1) is 40.8 Å². The molecule has 6 nitrogen and oxygen atoms in total. The Morgan fingerprint density at radius 1 is 0.893 bits per heavy atom. The molecule has 5 rings (SSSR count). The lowest BCUT2D eigenvalue weighted by atomic mass is 10.0. The van der Waals surface area contributed by atoms with Gasteiger partial charge in [-0.2, -0.15) is 0 Å². The zero-order valence-electron chi connectivity index (χ0n) is 15.6. The molecule has 0 saturated carbocycles. The van der Waals surface area contributed by atoms with Crippen molar-refractivity contribution in [1.29, 1.82) is 5.41 Å². The summed E-state index contributed by atoms with van der Waals surface area (Å²) in [5, 5.41) is 9.61. The van der Waals surface area contributed by atoms with Crippen LogP contribution in [0.25, 0.3) is 38.8 Å². The van der Waals surface area contributed by atoms with Crippen molar-refractivity contribution < 1.29 is 0 Å². The number of benzene rings is 2. The molecule has 0 fully saturated rings. The first-order valence-corrected chi connectivity index (χ1v) is 9.01. The molecule has 0 amide bonds. The molecule has 0 bridgehead atoms. The minimum absolute atomic E-state index is 0.347. The van der Waals surface area contributed by atoms with Crippen molar-refractivity contribution in [1.82, 2.24) is 24.1 Å². The summed E-state index contributed by atoms with van der Waals surface area (Å²) in [5.41, 5.74) is 7.32. The number of fused-ring (bicyclic) bond motifs is 3. The number of aromatic nitrogens is 5. The lowest BCUT2D eigenvalue weighted by molar-refractivity contribution is 0.784. The Morgan fingerprint density at radius 2 is 1.61 bits per heavy atom. The summed E-state index contributed by atoms with van der Waals surface area (Å²) in [4.78, 5) is 12.9. The molecule has 1 N–H and O–H groups in total. The molecule has 0 saturated heterocycles. The van der Waals surface area contributed by atoms with Crippen LogP contribution in [0.1, 0.15) is 5.56 Å². The van der Waals surface area contributed by atoms with Crippen molar-refractivity contribution in [2.75, 3.05) is 0 Å². The quantitative estimate of drug-likeness (QED) is 0.517. The van der Waals surface area contributed by atoms with Crippen LogP contribution < -0.4 is 5.62 Å². The Bertz CT molecular complexity index is 1380. The zero-order chi connectivity index (χ0) is 19.3. The van der Waals surface area contributed by atoms with Crippen molar-refractivity contribution in [3.05, 3.63) is 78.6 Å². The van der Waals surface area contributed by atoms with E-state index in [-0.39, 0.29) is 0 Å². The maximum Gasteiger partial charge on any atom is 0.207 e. The molecule has 6 heteroatoms. The van der Waals surface area contributed by atoms with Crippen molar-refractivity contribution in [2.45, 2.75) is 6.92 Å². The van der Waals surface area contributed by atoms with Gasteiger partial charge in [-0.3, -0.25) is 15.0 Å². The van der Waals surface area contributed by atoms with Crippen molar-refractivity contribution in [2.24, 2.45) is 7.05 Å². The van der Waals surface area contributed by atoms with Crippen molar-refractivity contribution >= 4 is 21.9 Å². The van der Waals surface area contributed by atoms with Gasteiger partial charge in [-0.25, -0.2) is 9.97 Å².